The zero-order valence-corrected chi connectivity index (χ0v) is 8.41. The molecule has 0 heterocycles. The smallest absolute Gasteiger partial charge is 0.273 e. The van der Waals surface area contributed by atoms with Gasteiger partial charge in [0.05, 0.1) is 11.0 Å². The Morgan fingerprint density at radius 2 is 2.36 bits per heavy atom. The van der Waals surface area contributed by atoms with Crippen LogP contribution in [0.5, 0.6) is 5.75 Å². The third kappa shape index (κ3) is 2.77. The highest BCUT2D eigenvalue weighted by molar-refractivity contribution is 7.80. The summed E-state index contributed by atoms with van der Waals surface area (Å²) in [6.07, 6.45) is 0.609. The molecule has 0 amide bonds. The minimum atomic E-state index is -0.470. The van der Waals surface area contributed by atoms with Crippen molar-refractivity contribution in [3.8, 4) is 5.75 Å². The highest BCUT2D eigenvalue weighted by Crippen LogP contribution is 2.19. The number of nitro benzene ring substituents is 1. The van der Waals surface area contributed by atoms with E-state index in [1.54, 1.807) is 12.1 Å². The summed E-state index contributed by atoms with van der Waals surface area (Å²) in [4.78, 5) is 9.96. The van der Waals surface area contributed by atoms with Crippen LogP contribution in [-0.4, -0.2) is 9.97 Å². The predicted molar refractivity (Wildman–Crippen MR) is 56.6 cm³/mol. The summed E-state index contributed by atoms with van der Waals surface area (Å²) in [6, 6.07) is 5.95. The first-order chi connectivity index (χ1) is 6.63. The van der Waals surface area contributed by atoms with Gasteiger partial charge in [-0.15, -0.1) is 0 Å². The Morgan fingerprint density at radius 1 is 1.64 bits per heavy atom. The number of thiocarbonyl (C=S) groups is 1. The maximum absolute atomic E-state index is 10.4. The number of hydrogen-bond donors (Lipinski definition) is 0. The topological polar surface area (TPSA) is 52.4 Å². The molecule has 0 bridgehead atoms. The maximum atomic E-state index is 10.4. The Morgan fingerprint density at radius 3 is 2.93 bits per heavy atom. The molecule has 0 N–H and O–H groups in total. The number of non-ortho nitro benzene ring substituents is 1. The van der Waals surface area contributed by atoms with Crippen LogP contribution in [0.4, 0.5) is 5.69 Å². The molecule has 0 unspecified atom stereocenters. The van der Waals surface area contributed by atoms with E-state index < -0.39 is 4.92 Å². The molecule has 14 heavy (non-hydrogen) atoms. The molecule has 5 heteroatoms. The fourth-order valence-corrected chi connectivity index (χ4v) is 0.960. The van der Waals surface area contributed by atoms with Gasteiger partial charge in [-0.1, -0.05) is 13.0 Å². The Hall–Kier alpha value is -1.49. The van der Waals surface area contributed by atoms with Crippen molar-refractivity contribution in [2.45, 2.75) is 13.3 Å². The third-order valence-electron chi connectivity index (χ3n) is 1.55. The fraction of sp³-hybridized carbons (Fsp3) is 0.222. The lowest BCUT2D eigenvalue weighted by Gasteiger charge is -2.03. The molecule has 0 aliphatic heterocycles. The lowest BCUT2D eigenvalue weighted by Crippen LogP contribution is -2.02. The molecule has 4 nitrogen and oxygen atoms in total. The van der Waals surface area contributed by atoms with Crippen molar-refractivity contribution in [1.29, 1.82) is 0 Å². The first-order valence-corrected chi connectivity index (χ1v) is 4.49. The molecule has 1 rings (SSSR count). The lowest BCUT2D eigenvalue weighted by atomic mass is 10.3. The maximum Gasteiger partial charge on any atom is 0.273 e. The second-order valence-corrected chi connectivity index (χ2v) is 3.04. The van der Waals surface area contributed by atoms with E-state index in [2.05, 4.69) is 0 Å². The number of nitrogens with zero attached hydrogens (tertiary/aromatic N) is 1. The summed E-state index contributed by atoms with van der Waals surface area (Å²) < 4.78 is 5.18. The van der Waals surface area contributed by atoms with Gasteiger partial charge >= 0.3 is 0 Å². The molecule has 0 spiro atoms. The monoisotopic (exact) mass is 211 g/mol. The van der Waals surface area contributed by atoms with Crippen LogP contribution in [0.1, 0.15) is 13.3 Å². The third-order valence-corrected chi connectivity index (χ3v) is 1.92. The largest absolute Gasteiger partial charge is 0.450 e. The zero-order valence-electron chi connectivity index (χ0n) is 7.60. The summed E-state index contributed by atoms with van der Waals surface area (Å²) in [7, 11) is 0. The molecule has 0 saturated carbocycles. The zero-order chi connectivity index (χ0) is 10.6. The van der Waals surface area contributed by atoms with E-state index in [0.717, 1.165) is 0 Å². The minimum absolute atomic E-state index is 0.00130. The van der Waals surface area contributed by atoms with Gasteiger partial charge in [-0.2, -0.15) is 0 Å². The van der Waals surface area contributed by atoms with Crippen molar-refractivity contribution in [3.63, 3.8) is 0 Å². The molecule has 1 aromatic carbocycles. The van der Waals surface area contributed by atoms with Crippen LogP contribution in [-0.2, 0) is 0 Å². The van der Waals surface area contributed by atoms with E-state index in [9.17, 15) is 10.1 Å². The van der Waals surface area contributed by atoms with Crippen molar-refractivity contribution >= 4 is 23.0 Å². The van der Waals surface area contributed by atoms with E-state index in [1.807, 2.05) is 6.92 Å². The molecule has 0 radical (unpaired) electrons. The molecule has 0 atom stereocenters. The molecule has 0 aromatic heterocycles. The molecule has 74 valence electrons. The minimum Gasteiger partial charge on any atom is -0.450 e. The van der Waals surface area contributed by atoms with Gasteiger partial charge in [-0.3, -0.25) is 10.1 Å². The standard InChI is InChI=1S/C9H9NO3S/c1-2-9(14)13-8-5-3-4-7(6-8)10(11)12/h3-6H,2H2,1H3. The number of ether oxygens (including phenoxy) is 1. The normalized spacial score (nSPS) is 9.50. The lowest BCUT2D eigenvalue weighted by molar-refractivity contribution is -0.384. The van der Waals surface area contributed by atoms with Crippen molar-refractivity contribution < 1.29 is 9.66 Å². The van der Waals surface area contributed by atoms with Gasteiger partial charge in [0.25, 0.3) is 5.69 Å². The molecule has 0 saturated heterocycles. The van der Waals surface area contributed by atoms with E-state index in [-0.39, 0.29) is 5.69 Å². The molecular formula is C9H9NO3S. The van der Waals surface area contributed by atoms with Gasteiger partial charge in [-0.25, -0.2) is 0 Å². The molecule has 0 aliphatic rings. The van der Waals surface area contributed by atoms with Gasteiger partial charge in [-0.05, 0) is 18.3 Å². The average molecular weight is 211 g/mol. The summed E-state index contributed by atoms with van der Waals surface area (Å²) in [5, 5.41) is 10.8. The quantitative estimate of drug-likeness (QED) is 0.438. The van der Waals surface area contributed by atoms with Gasteiger partial charge in [0.1, 0.15) is 5.75 Å². The molecule has 1 aromatic rings. The Labute approximate surface area is 86.7 Å². The van der Waals surface area contributed by atoms with Crippen LogP contribution in [0.15, 0.2) is 24.3 Å². The second kappa shape index (κ2) is 4.66. The summed E-state index contributed by atoms with van der Waals surface area (Å²) in [5.41, 5.74) is 0.00130. The molecule has 0 fully saturated rings. The SMILES string of the molecule is CCC(=S)Oc1cccc([N+](=O)[O-])c1. The first kappa shape index (κ1) is 10.6. The van der Waals surface area contributed by atoms with E-state index >= 15 is 0 Å². The van der Waals surface area contributed by atoms with Crippen LogP contribution < -0.4 is 4.74 Å². The number of nitro groups is 1. The van der Waals surface area contributed by atoms with Crippen LogP contribution in [0.25, 0.3) is 0 Å². The molecular weight excluding hydrogens is 202 g/mol. The number of rotatable bonds is 3. The van der Waals surface area contributed by atoms with Crippen molar-refractivity contribution in [2.24, 2.45) is 0 Å². The van der Waals surface area contributed by atoms with E-state index in [4.69, 9.17) is 17.0 Å². The first-order valence-electron chi connectivity index (χ1n) is 4.08. The van der Waals surface area contributed by atoms with Crippen molar-refractivity contribution in [3.05, 3.63) is 34.4 Å². The van der Waals surface area contributed by atoms with Crippen molar-refractivity contribution in [1.82, 2.24) is 0 Å². The van der Waals surface area contributed by atoms with Crippen LogP contribution >= 0.6 is 12.2 Å². The Balaban J connectivity index is 2.83. The summed E-state index contributed by atoms with van der Waals surface area (Å²) in [6.45, 7) is 1.86. The van der Waals surface area contributed by atoms with Gasteiger partial charge < -0.3 is 4.74 Å². The number of hydrogen-bond acceptors (Lipinski definition) is 4. The average Bonchev–Trinajstić information content (AvgIpc) is 2.18. The second-order valence-electron chi connectivity index (χ2n) is 2.58. The van der Waals surface area contributed by atoms with E-state index in [1.165, 1.54) is 12.1 Å². The van der Waals surface area contributed by atoms with Gasteiger partial charge in [0.15, 0.2) is 5.05 Å². The Kier molecular flexibility index (Phi) is 3.53. The van der Waals surface area contributed by atoms with Gasteiger partial charge in [0.2, 0.25) is 0 Å². The Bertz CT molecular complexity index is 365. The number of benzene rings is 1. The van der Waals surface area contributed by atoms with Crippen LogP contribution in [0.2, 0.25) is 0 Å². The van der Waals surface area contributed by atoms with Crippen molar-refractivity contribution in [2.75, 3.05) is 0 Å². The highest BCUT2D eigenvalue weighted by atomic mass is 32.1. The predicted octanol–water partition coefficient (Wildman–Crippen LogP) is 2.71. The van der Waals surface area contributed by atoms with Crippen LogP contribution in [0.3, 0.4) is 0 Å². The summed E-state index contributed by atoms with van der Waals surface area (Å²) in [5.74, 6) is 0.408. The summed E-state index contributed by atoms with van der Waals surface area (Å²) >= 11 is 4.85. The van der Waals surface area contributed by atoms with Gasteiger partial charge in [0, 0.05) is 12.5 Å². The highest BCUT2D eigenvalue weighted by Gasteiger charge is 2.06. The fourth-order valence-electron chi connectivity index (χ4n) is 0.864. The van der Waals surface area contributed by atoms with E-state index in [0.29, 0.717) is 17.2 Å². The van der Waals surface area contributed by atoms with Crippen LogP contribution in [0, 0.1) is 10.1 Å². The molecule has 0 aliphatic carbocycles.